The summed E-state index contributed by atoms with van der Waals surface area (Å²) < 4.78 is 17.9. The average molecular weight is 330 g/mol. The highest BCUT2D eigenvalue weighted by Gasteiger charge is 2.16. The Hall–Kier alpha value is -2.89. The molecule has 0 spiro atoms. The van der Waals surface area contributed by atoms with Gasteiger partial charge < -0.3 is 15.4 Å². The van der Waals surface area contributed by atoms with Crippen molar-refractivity contribution in [3.63, 3.8) is 0 Å². The highest BCUT2D eigenvalue weighted by molar-refractivity contribution is 6.35. The summed E-state index contributed by atoms with van der Waals surface area (Å²) in [7, 11) is 1.57. The van der Waals surface area contributed by atoms with E-state index in [0.29, 0.717) is 5.56 Å². The summed E-state index contributed by atoms with van der Waals surface area (Å²) in [6.07, 6.45) is 0. The Morgan fingerprint density at radius 3 is 2.25 bits per heavy atom. The second-order valence-electron chi connectivity index (χ2n) is 5.28. The monoisotopic (exact) mass is 330 g/mol. The Labute approximate surface area is 139 Å². The van der Waals surface area contributed by atoms with Gasteiger partial charge in [0.2, 0.25) is 0 Å². The van der Waals surface area contributed by atoms with E-state index in [4.69, 9.17) is 4.74 Å². The predicted molar refractivity (Wildman–Crippen MR) is 87.8 cm³/mol. The fraction of sp³-hybridized carbons (Fsp3) is 0.222. The summed E-state index contributed by atoms with van der Waals surface area (Å²) >= 11 is 0. The lowest BCUT2D eigenvalue weighted by Gasteiger charge is -2.14. The van der Waals surface area contributed by atoms with Crippen LogP contribution in [0.1, 0.15) is 24.1 Å². The molecule has 5 nitrogen and oxygen atoms in total. The van der Waals surface area contributed by atoms with Crippen molar-refractivity contribution in [1.82, 2.24) is 10.6 Å². The summed E-state index contributed by atoms with van der Waals surface area (Å²) in [5.41, 5.74) is 1.57. The molecule has 0 fully saturated rings. The van der Waals surface area contributed by atoms with Crippen molar-refractivity contribution >= 4 is 11.8 Å². The van der Waals surface area contributed by atoms with E-state index >= 15 is 0 Å². The Morgan fingerprint density at radius 2 is 1.67 bits per heavy atom. The normalized spacial score (nSPS) is 11.5. The zero-order valence-electron chi connectivity index (χ0n) is 13.5. The van der Waals surface area contributed by atoms with Crippen LogP contribution in [-0.2, 0) is 16.1 Å². The largest absolute Gasteiger partial charge is 0.497 e. The molecule has 0 aromatic heterocycles. The van der Waals surface area contributed by atoms with E-state index in [-0.39, 0.29) is 12.4 Å². The van der Waals surface area contributed by atoms with Gasteiger partial charge in [-0.3, -0.25) is 9.59 Å². The third kappa shape index (κ3) is 4.81. The third-order valence-electron chi connectivity index (χ3n) is 3.54. The van der Waals surface area contributed by atoms with Crippen LogP contribution in [0.3, 0.4) is 0 Å². The Kier molecular flexibility index (Phi) is 5.89. The minimum atomic E-state index is -0.736. The molecule has 0 heterocycles. The van der Waals surface area contributed by atoms with E-state index in [2.05, 4.69) is 10.6 Å². The molecule has 6 heteroatoms. The van der Waals surface area contributed by atoms with Crippen LogP contribution in [0.4, 0.5) is 4.39 Å². The second kappa shape index (κ2) is 8.10. The number of methoxy groups -OCH3 is 1. The Balaban J connectivity index is 1.84. The second-order valence-corrected chi connectivity index (χ2v) is 5.28. The maximum absolute atomic E-state index is 12.9. The number of carbonyl (C=O) groups excluding carboxylic acids is 2. The van der Waals surface area contributed by atoms with E-state index in [0.717, 1.165) is 11.3 Å². The predicted octanol–water partition coefficient (Wildman–Crippen LogP) is 2.33. The fourth-order valence-electron chi connectivity index (χ4n) is 2.10. The number of hydrogen-bond acceptors (Lipinski definition) is 3. The van der Waals surface area contributed by atoms with Crippen LogP contribution in [0.5, 0.6) is 5.75 Å². The topological polar surface area (TPSA) is 67.4 Å². The molecule has 0 unspecified atom stereocenters. The van der Waals surface area contributed by atoms with Crippen molar-refractivity contribution in [2.75, 3.05) is 7.11 Å². The van der Waals surface area contributed by atoms with Crippen molar-refractivity contribution < 1.29 is 18.7 Å². The number of rotatable bonds is 5. The summed E-state index contributed by atoms with van der Waals surface area (Å²) in [6.45, 7) is 1.96. The lowest BCUT2D eigenvalue weighted by atomic mass is 10.1. The summed E-state index contributed by atoms with van der Waals surface area (Å²) in [4.78, 5) is 23.8. The number of carbonyl (C=O) groups is 2. The SMILES string of the molecule is COc1ccc(CNC(=O)C(=O)N[C@H](C)c2ccc(F)cc2)cc1. The molecule has 0 saturated carbocycles. The summed E-state index contributed by atoms with van der Waals surface area (Å²) in [6, 6.07) is 12.5. The van der Waals surface area contributed by atoms with Gasteiger partial charge in [0.05, 0.1) is 13.2 Å². The molecule has 126 valence electrons. The summed E-state index contributed by atoms with van der Waals surface area (Å²) in [5.74, 6) is -1.09. The fourth-order valence-corrected chi connectivity index (χ4v) is 2.10. The molecule has 0 saturated heterocycles. The quantitative estimate of drug-likeness (QED) is 0.827. The lowest BCUT2D eigenvalue weighted by Crippen LogP contribution is -2.40. The number of ether oxygens (including phenoxy) is 1. The first kappa shape index (κ1) is 17.5. The number of amides is 2. The number of nitrogens with one attached hydrogen (secondary N) is 2. The van der Waals surface area contributed by atoms with Crippen LogP contribution >= 0.6 is 0 Å². The molecule has 24 heavy (non-hydrogen) atoms. The Morgan fingerprint density at radius 1 is 1.04 bits per heavy atom. The first-order chi connectivity index (χ1) is 11.5. The molecule has 0 aliphatic heterocycles. The first-order valence-electron chi connectivity index (χ1n) is 7.46. The highest BCUT2D eigenvalue weighted by Crippen LogP contribution is 2.13. The number of benzene rings is 2. The van der Waals surface area contributed by atoms with Gasteiger partial charge in [0.1, 0.15) is 11.6 Å². The van der Waals surface area contributed by atoms with E-state index in [1.165, 1.54) is 12.1 Å². The molecule has 2 N–H and O–H groups in total. The van der Waals surface area contributed by atoms with Crippen molar-refractivity contribution in [3.8, 4) is 5.75 Å². The van der Waals surface area contributed by atoms with Gasteiger partial charge in [0, 0.05) is 6.54 Å². The van der Waals surface area contributed by atoms with E-state index in [1.807, 2.05) is 0 Å². The van der Waals surface area contributed by atoms with Crippen LogP contribution in [0.15, 0.2) is 48.5 Å². The van der Waals surface area contributed by atoms with Crippen molar-refractivity contribution in [1.29, 1.82) is 0 Å². The van der Waals surface area contributed by atoms with E-state index in [9.17, 15) is 14.0 Å². The van der Waals surface area contributed by atoms with Gasteiger partial charge in [-0.2, -0.15) is 0 Å². The van der Waals surface area contributed by atoms with Crippen molar-refractivity contribution in [2.24, 2.45) is 0 Å². The summed E-state index contributed by atoms with van der Waals surface area (Å²) in [5, 5.41) is 5.13. The van der Waals surface area contributed by atoms with Gasteiger partial charge in [-0.1, -0.05) is 24.3 Å². The zero-order chi connectivity index (χ0) is 17.5. The molecule has 2 rings (SSSR count). The molecule has 0 aliphatic carbocycles. The van der Waals surface area contributed by atoms with Crippen LogP contribution in [0.25, 0.3) is 0 Å². The maximum atomic E-state index is 12.9. The minimum Gasteiger partial charge on any atom is -0.497 e. The molecular weight excluding hydrogens is 311 g/mol. The smallest absolute Gasteiger partial charge is 0.309 e. The van der Waals surface area contributed by atoms with Gasteiger partial charge in [0.25, 0.3) is 0 Å². The van der Waals surface area contributed by atoms with Crippen molar-refractivity contribution in [3.05, 3.63) is 65.5 Å². The average Bonchev–Trinajstić information content (AvgIpc) is 2.60. The standard InChI is InChI=1S/C18H19FN2O3/c1-12(14-5-7-15(19)8-6-14)21-18(23)17(22)20-11-13-3-9-16(24-2)10-4-13/h3-10,12H,11H2,1-2H3,(H,20,22)(H,21,23)/t12-/m1/s1. The van der Waals surface area contributed by atoms with Gasteiger partial charge in [0.15, 0.2) is 0 Å². The van der Waals surface area contributed by atoms with Gasteiger partial charge in [-0.15, -0.1) is 0 Å². The molecule has 0 bridgehead atoms. The molecular formula is C18H19FN2O3. The molecule has 2 aromatic carbocycles. The van der Waals surface area contributed by atoms with Gasteiger partial charge in [-0.25, -0.2) is 4.39 Å². The van der Waals surface area contributed by atoms with E-state index in [1.54, 1.807) is 50.4 Å². The molecule has 1 atom stereocenters. The van der Waals surface area contributed by atoms with Crippen LogP contribution in [0.2, 0.25) is 0 Å². The maximum Gasteiger partial charge on any atom is 0.309 e. The third-order valence-corrected chi connectivity index (χ3v) is 3.54. The van der Waals surface area contributed by atoms with Crippen molar-refractivity contribution in [2.45, 2.75) is 19.5 Å². The molecule has 0 aliphatic rings. The minimum absolute atomic E-state index is 0.237. The van der Waals surface area contributed by atoms with Crippen LogP contribution < -0.4 is 15.4 Å². The number of hydrogen-bond donors (Lipinski definition) is 2. The van der Waals surface area contributed by atoms with Gasteiger partial charge in [-0.05, 0) is 42.3 Å². The van der Waals surface area contributed by atoms with Gasteiger partial charge >= 0.3 is 11.8 Å². The molecule has 2 amide bonds. The van der Waals surface area contributed by atoms with E-state index < -0.39 is 17.9 Å². The molecule has 2 aromatic rings. The molecule has 0 radical (unpaired) electrons. The zero-order valence-corrected chi connectivity index (χ0v) is 13.5. The van der Waals surface area contributed by atoms with Crippen LogP contribution in [-0.4, -0.2) is 18.9 Å². The number of halogens is 1. The highest BCUT2D eigenvalue weighted by atomic mass is 19.1. The lowest BCUT2D eigenvalue weighted by molar-refractivity contribution is -0.139. The Bertz CT molecular complexity index is 699. The first-order valence-corrected chi connectivity index (χ1v) is 7.46. The van der Waals surface area contributed by atoms with Crippen LogP contribution in [0, 0.1) is 5.82 Å².